The van der Waals surface area contributed by atoms with Gasteiger partial charge >= 0.3 is 0 Å². The summed E-state index contributed by atoms with van der Waals surface area (Å²) < 4.78 is 5.47. The van der Waals surface area contributed by atoms with Crippen molar-refractivity contribution in [3.8, 4) is 18.1 Å². The van der Waals surface area contributed by atoms with Crippen LogP contribution in [0.25, 0.3) is 0 Å². The number of anilines is 1. The maximum absolute atomic E-state index is 12.6. The highest BCUT2D eigenvalue weighted by Crippen LogP contribution is 2.35. The molecular weight excluding hydrogens is 350 g/mol. The standard InChI is InChI=1S/C19H17N3O3S/c1-3-9-25-13-7-5-12(6-8-13)14-11-15(23)20-17-16(14)18(24)22-19(21-17)26-10-4-2/h2-3,5-8,14H,1,9-11H2,(H2,20,21,22,23,24)/t14-/m0/s1. The molecule has 0 fully saturated rings. The molecule has 0 bridgehead atoms. The SMILES string of the molecule is C#CCSc1nc2c(c(=O)[nH]1)[C@H](c1ccc(OCC=C)cc1)CC(=O)N2. The largest absolute Gasteiger partial charge is 0.490 e. The van der Waals surface area contributed by atoms with Crippen molar-refractivity contribution in [2.75, 3.05) is 17.7 Å². The zero-order chi connectivity index (χ0) is 18.5. The van der Waals surface area contributed by atoms with Crippen molar-refractivity contribution in [3.63, 3.8) is 0 Å². The van der Waals surface area contributed by atoms with Gasteiger partial charge < -0.3 is 15.0 Å². The number of carbonyl (C=O) groups excluding carboxylic acids is 1. The lowest BCUT2D eigenvalue weighted by atomic mass is 9.87. The van der Waals surface area contributed by atoms with E-state index in [2.05, 4.69) is 27.8 Å². The van der Waals surface area contributed by atoms with Crippen LogP contribution in [0.3, 0.4) is 0 Å². The van der Waals surface area contributed by atoms with Gasteiger partial charge in [0.1, 0.15) is 18.2 Å². The molecule has 1 aliphatic heterocycles. The van der Waals surface area contributed by atoms with Crippen LogP contribution in [0.1, 0.15) is 23.5 Å². The number of H-pyrrole nitrogens is 1. The van der Waals surface area contributed by atoms with E-state index in [-0.39, 0.29) is 23.8 Å². The van der Waals surface area contributed by atoms with Crippen molar-refractivity contribution in [1.82, 2.24) is 9.97 Å². The summed E-state index contributed by atoms with van der Waals surface area (Å²) in [6.45, 7) is 4.02. The van der Waals surface area contributed by atoms with Crippen molar-refractivity contribution in [2.45, 2.75) is 17.5 Å². The number of terminal acetylenes is 1. The van der Waals surface area contributed by atoms with Gasteiger partial charge in [-0.3, -0.25) is 9.59 Å². The summed E-state index contributed by atoms with van der Waals surface area (Å²) in [6, 6.07) is 7.32. The fourth-order valence-electron chi connectivity index (χ4n) is 2.77. The van der Waals surface area contributed by atoms with E-state index >= 15 is 0 Å². The maximum Gasteiger partial charge on any atom is 0.257 e. The Bertz CT molecular complexity index is 929. The number of hydrogen-bond donors (Lipinski definition) is 2. The molecule has 3 rings (SSSR count). The number of fused-ring (bicyclic) bond motifs is 1. The zero-order valence-electron chi connectivity index (χ0n) is 14.0. The summed E-state index contributed by atoms with van der Waals surface area (Å²) in [7, 11) is 0. The minimum atomic E-state index is -0.366. The minimum absolute atomic E-state index is 0.180. The van der Waals surface area contributed by atoms with Crippen LogP contribution in [-0.4, -0.2) is 28.2 Å². The van der Waals surface area contributed by atoms with Gasteiger partial charge in [0.15, 0.2) is 5.16 Å². The van der Waals surface area contributed by atoms with Gasteiger partial charge in [0.2, 0.25) is 5.91 Å². The van der Waals surface area contributed by atoms with Gasteiger partial charge in [0.05, 0.1) is 11.3 Å². The minimum Gasteiger partial charge on any atom is -0.490 e. The number of nitrogens with one attached hydrogen (secondary N) is 2. The van der Waals surface area contributed by atoms with Crippen molar-refractivity contribution < 1.29 is 9.53 Å². The van der Waals surface area contributed by atoms with Crippen molar-refractivity contribution >= 4 is 23.5 Å². The van der Waals surface area contributed by atoms with Crippen LogP contribution in [0.15, 0.2) is 46.9 Å². The number of ether oxygens (including phenoxy) is 1. The Labute approximate surface area is 155 Å². The number of thioether (sulfide) groups is 1. The number of rotatable bonds is 6. The van der Waals surface area contributed by atoms with E-state index in [1.165, 1.54) is 11.8 Å². The van der Waals surface area contributed by atoms with E-state index in [0.29, 0.717) is 34.6 Å². The van der Waals surface area contributed by atoms with Crippen LogP contribution >= 0.6 is 11.8 Å². The first-order chi connectivity index (χ1) is 12.6. The molecule has 2 heterocycles. The number of aromatic nitrogens is 2. The molecule has 1 amide bonds. The van der Waals surface area contributed by atoms with Crippen LogP contribution in [-0.2, 0) is 4.79 Å². The molecule has 2 aromatic rings. The van der Waals surface area contributed by atoms with Gasteiger partial charge in [-0.15, -0.1) is 6.42 Å². The lowest BCUT2D eigenvalue weighted by Crippen LogP contribution is -2.31. The van der Waals surface area contributed by atoms with Crippen LogP contribution in [0.4, 0.5) is 5.82 Å². The highest BCUT2D eigenvalue weighted by Gasteiger charge is 2.30. The Morgan fingerprint density at radius 3 is 2.85 bits per heavy atom. The van der Waals surface area contributed by atoms with Crippen LogP contribution in [0.5, 0.6) is 5.75 Å². The van der Waals surface area contributed by atoms with E-state index in [4.69, 9.17) is 11.2 Å². The smallest absolute Gasteiger partial charge is 0.257 e. The fourth-order valence-corrected chi connectivity index (χ4v) is 3.31. The monoisotopic (exact) mass is 367 g/mol. The lowest BCUT2D eigenvalue weighted by Gasteiger charge is -2.24. The molecule has 0 saturated heterocycles. The third kappa shape index (κ3) is 3.81. The molecule has 2 N–H and O–H groups in total. The van der Waals surface area contributed by atoms with Crippen LogP contribution in [0.2, 0.25) is 0 Å². The average Bonchev–Trinajstić information content (AvgIpc) is 2.64. The Morgan fingerprint density at radius 1 is 1.38 bits per heavy atom. The Balaban J connectivity index is 1.95. The molecule has 1 aliphatic rings. The molecule has 1 aromatic heterocycles. The Hall–Kier alpha value is -2.98. The molecule has 1 aromatic carbocycles. The molecule has 0 saturated carbocycles. The number of hydrogen-bond acceptors (Lipinski definition) is 5. The van der Waals surface area contributed by atoms with E-state index in [9.17, 15) is 9.59 Å². The van der Waals surface area contributed by atoms with E-state index < -0.39 is 0 Å². The van der Waals surface area contributed by atoms with Crippen LogP contribution < -0.4 is 15.6 Å². The molecule has 132 valence electrons. The molecule has 0 unspecified atom stereocenters. The molecule has 1 atom stereocenters. The summed E-state index contributed by atoms with van der Waals surface area (Å²) in [4.78, 5) is 31.8. The quantitative estimate of drug-likeness (QED) is 0.355. The summed E-state index contributed by atoms with van der Waals surface area (Å²) in [5.41, 5.74) is 1.03. The normalized spacial score (nSPS) is 15.5. The predicted octanol–water partition coefficient (Wildman–Crippen LogP) is 2.53. The van der Waals surface area contributed by atoms with E-state index in [1.807, 2.05) is 24.3 Å². The lowest BCUT2D eigenvalue weighted by molar-refractivity contribution is -0.116. The average molecular weight is 367 g/mol. The summed E-state index contributed by atoms with van der Waals surface area (Å²) >= 11 is 1.24. The summed E-state index contributed by atoms with van der Waals surface area (Å²) in [6.07, 6.45) is 7.08. The predicted molar refractivity (Wildman–Crippen MR) is 102 cm³/mol. The first-order valence-corrected chi connectivity index (χ1v) is 8.95. The first kappa shape index (κ1) is 17.8. The third-order valence-corrected chi connectivity index (χ3v) is 4.65. The molecule has 6 nitrogen and oxygen atoms in total. The van der Waals surface area contributed by atoms with Gasteiger partial charge in [-0.2, -0.15) is 0 Å². The molecule has 0 aliphatic carbocycles. The van der Waals surface area contributed by atoms with Crippen molar-refractivity contribution in [1.29, 1.82) is 0 Å². The third-order valence-electron chi connectivity index (χ3n) is 3.87. The first-order valence-electron chi connectivity index (χ1n) is 7.96. The Kier molecular flexibility index (Phi) is 5.44. The number of benzene rings is 1. The van der Waals surface area contributed by atoms with Gasteiger partial charge in [0, 0.05) is 12.3 Å². The van der Waals surface area contributed by atoms with Crippen molar-refractivity contribution in [3.05, 3.63) is 58.4 Å². The molecule has 0 spiro atoms. The van der Waals surface area contributed by atoms with Gasteiger partial charge in [-0.1, -0.05) is 42.5 Å². The van der Waals surface area contributed by atoms with E-state index in [0.717, 1.165) is 5.56 Å². The molecule has 26 heavy (non-hydrogen) atoms. The van der Waals surface area contributed by atoms with Crippen LogP contribution in [0, 0.1) is 12.3 Å². The molecule has 0 radical (unpaired) electrons. The summed E-state index contributed by atoms with van der Waals surface area (Å²) in [5.74, 6) is 3.30. The van der Waals surface area contributed by atoms with Gasteiger partial charge in [0.25, 0.3) is 5.56 Å². The van der Waals surface area contributed by atoms with Gasteiger partial charge in [-0.25, -0.2) is 4.98 Å². The number of carbonyl (C=O) groups is 1. The second-order valence-electron chi connectivity index (χ2n) is 5.60. The topological polar surface area (TPSA) is 84.1 Å². The summed E-state index contributed by atoms with van der Waals surface area (Å²) in [5, 5.41) is 3.08. The number of aromatic amines is 1. The zero-order valence-corrected chi connectivity index (χ0v) is 14.8. The number of amides is 1. The van der Waals surface area contributed by atoms with Crippen molar-refractivity contribution in [2.24, 2.45) is 0 Å². The molecule has 7 heteroatoms. The number of nitrogens with zero attached hydrogens (tertiary/aromatic N) is 1. The Morgan fingerprint density at radius 2 is 2.15 bits per heavy atom. The highest BCUT2D eigenvalue weighted by molar-refractivity contribution is 7.99. The fraction of sp³-hybridized carbons (Fsp3) is 0.211. The van der Waals surface area contributed by atoms with Gasteiger partial charge in [-0.05, 0) is 17.7 Å². The highest BCUT2D eigenvalue weighted by atomic mass is 32.2. The van der Waals surface area contributed by atoms with E-state index in [1.54, 1.807) is 6.08 Å². The maximum atomic E-state index is 12.6. The second kappa shape index (κ2) is 7.93. The second-order valence-corrected chi connectivity index (χ2v) is 6.56. The molecular formula is C19H17N3O3S.